The number of carbonyl (C=O) groups is 2. The van der Waals surface area contributed by atoms with Gasteiger partial charge in [-0.2, -0.15) is 0 Å². The first-order chi connectivity index (χ1) is 13.7. The van der Waals surface area contributed by atoms with Gasteiger partial charge in [0.2, 0.25) is 0 Å². The van der Waals surface area contributed by atoms with Crippen LogP contribution in [0.3, 0.4) is 0 Å². The molecule has 0 spiro atoms. The summed E-state index contributed by atoms with van der Waals surface area (Å²) < 4.78 is 5.96. The Labute approximate surface area is 203 Å². The summed E-state index contributed by atoms with van der Waals surface area (Å²) in [4.78, 5) is 23.2. The van der Waals surface area contributed by atoms with Crippen molar-refractivity contribution in [3.05, 3.63) is 23.8 Å². The molecule has 1 N–H and O–H groups in total. The van der Waals surface area contributed by atoms with E-state index >= 15 is 0 Å². The molecule has 0 aromatic heterocycles. The molecule has 0 aromatic rings. The van der Waals surface area contributed by atoms with Crippen LogP contribution in [0.4, 0.5) is 0 Å². The second-order valence-corrected chi connectivity index (χ2v) is 9.12. The summed E-state index contributed by atoms with van der Waals surface area (Å²) in [6.07, 6.45) is 10.4. The molecule has 2 aliphatic rings. The van der Waals surface area contributed by atoms with Gasteiger partial charge >= 0.3 is 35.5 Å². The van der Waals surface area contributed by atoms with Crippen LogP contribution in [-0.2, 0) is 14.3 Å². The van der Waals surface area contributed by atoms with Crippen molar-refractivity contribution in [2.45, 2.75) is 84.8 Å². The fraction of sp³-hybridized carbons (Fsp3) is 0.750. The quantitative estimate of drug-likeness (QED) is 0.402. The third-order valence-corrected chi connectivity index (χ3v) is 6.65. The first-order valence-corrected chi connectivity index (χ1v) is 11.2. The minimum Gasteiger partial charge on any atom is -0.550 e. The standard InChI is InChI=1S/C24H38O5.Na/c1-5-16(3)24(28)29-21-8-6-7-18-10-9-17(4)20(23(18)21)12-11-19(25)13-15(2)14-22(26)27;/h7,9-10,15-17,19-21,23,25H,5-6,8,11-14H2,1-4H3,(H,26,27);/q;+1/p-1. The Bertz CT molecular complexity index is 629. The van der Waals surface area contributed by atoms with Crippen molar-refractivity contribution in [2.75, 3.05) is 0 Å². The zero-order valence-corrected chi connectivity index (χ0v) is 21.3. The van der Waals surface area contributed by atoms with E-state index in [1.54, 1.807) is 0 Å². The summed E-state index contributed by atoms with van der Waals surface area (Å²) in [7, 11) is 0. The third-order valence-electron chi connectivity index (χ3n) is 6.65. The Kier molecular flexibility index (Phi) is 11.9. The third kappa shape index (κ3) is 7.81. The van der Waals surface area contributed by atoms with Gasteiger partial charge in [-0.15, -0.1) is 0 Å². The van der Waals surface area contributed by atoms with Crippen molar-refractivity contribution >= 4 is 11.9 Å². The molecule has 0 aliphatic heterocycles. The normalized spacial score (nSPS) is 28.4. The number of rotatable bonds is 10. The molecular formula is C24H37NaO5. The predicted octanol–water partition coefficient (Wildman–Crippen LogP) is 0.414. The van der Waals surface area contributed by atoms with E-state index in [0.717, 1.165) is 25.7 Å². The number of carboxylic acid groups (broad SMARTS) is 1. The number of aliphatic hydroxyl groups excluding tert-OH is 1. The molecule has 0 radical (unpaired) electrons. The number of hydrogen-bond acceptors (Lipinski definition) is 5. The zero-order chi connectivity index (χ0) is 21.6. The number of allylic oxidation sites excluding steroid dienone is 3. The second-order valence-electron chi connectivity index (χ2n) is 9.12. The maximum Gasteiger partial charge on any atom is 1.00 e. The van der Waals surface area contributed by atoms with Gasteiger partial charge in [0.15, 0.2) is 0 Å². The first kappa shape index (κ1) is 27.4. The van der Waals surface area contributed by atoms with Crippen molar-refractivity contribution in [1.82, 2.24) is 0 Å². The molecule has 5 nitrogen and oxygen atoms in total. The van der Waals surface area contributed by atoms with Crippen LogP contribution >= 0.6 is 0 Å². The second kappa shape index (κ2) is 13.0. The number of esters is 1. The van der Waals surface area contributed by atoms with Crippen LogP contribution in [0.2, 0.25) is 0 Å². The van der Waals surface area contributed by atoms with Crippen LogP contribution in [0, 0.1) is 29.6 Å². The van der Waals surface area contributed by atoms with E-state index in [1.807, 2.05) is 20.8 Å². The fourth-order valence-corrected chi connectivity index (χ4v) is 4.72. The van der Waals surface area contributed by atoms with Gasteiger partial charge in [0, 0.05) is 11.9 Å². The van der Waals surface area contributed by atoms with Gasteiger partial charge in [-0.3, -0.25) is 4.79 Å². The Morgan fingerprint density at radius 1 is 1.33 bits per heavy atom. The van der Waals surface area contributed by atoms with Gasteiger partial charge in [0.1, 0.15) is 6.10 Å². The molecule has 0 amide bonds. The summed E-state index contributed by atoms with van der Waals surface area (Å²) in [6.45, 7) is 7.92. The van der Waals surface area contributed by atoms with Crippen LogP contribution in [0.25, 0.3) is 0 Å². The molecule has 0 heterocycles. The molecular weight excluding hydrogens is 391 g/mol. The van der Waals surface area contributed by atoms with Crippen molar-refractivity contribution in [2.24, 2.45) is 29.6 Å². The fourth-order valence-electron chi connectivity index (χ4n) is 4.72. The molecule has 0 fully saturated rings. The molecule has 2 rings (SSSR count). The van der Waals surface area contributed by atoms with Crippen LogP contribution in [0.1, 0.15) is 72.6 Å². The van der Waals surface area contributed by atoms with Crippen LogP contribution in [-0.4, -0.2) is 29.3 Å². The van der Waals surface area contributed by atoms with Crippen LogP contribution in [0.15, 0.2) is 23.8 Å². The summed E-state index contributed by atoms with van der Waals surface area (Å²) in [5.74, 6) is -0.571. The molecule has 6 heteroatoms. The average Bonchev–Trinajstić information content (AvgIpc) is 2.66. The van der Waals surface area contributed by atoms with Gasteiger partial charge in [-0.25, -0.2) is 0 Å². The molecule has 2 aliphatic carbocycles. The topological polar surface area (TPSA) is 86.7 Å². The van der Waals surface area contributed by atoms with Gasteiger partial charge in [-0.05, 0) is 68.3 Å². The number of carboxylic acids is 1. The van der Waals surface area contributed by atoms with E-state index in [2.05, 4.69) is 25.2 Å². The molecule has 0 saturated heterocycles. The van der Waals surface area contributed by atoms with E-state index in [0.29, 0.717) is 24.7 Å². The summed E-state index contributed by atoms with van der Waals surface area (Å²) >= 11 is 0. The van der Waals surface area contributed by atoms with Gasteiger partial charge in [-0.1, -0.05) is 45.9 Å². The first-order valence-electron chi connectivity index (χ1n) is 11.2. The van der Waals surface area contributed by atoms with Gasteiger partial charge < -0.3 is 19.7 Å². The molecule has 30 heavy (non-hydrogen) atoms. The molecule has 0 aromatic carbocycles. The van der Waals surface area contributed by atoms with Gasteiger partial charge in [0.05, 0.1) is 12.0 Å². The maximum atomic E-state index is 12.4. The maximum absolute atomic E-state index is 12.4. The summed E-state index contributed by atoms with van der Waals surface area (Å²) in [5.41, 5.74) is 1.25. The zero-order valence-electron chi connectivity index (χ0n) is 19.3. The Balaban J connectivity index is 0.00000450. The van der Waals surface area contributed by atoms with E-state index < -0.39 is 12.1 Å². The number of carbonyl (C=O) groups excluding carboxylic acids is 2. The number of ether oxygens (including phenoxy) is 1. The minimum absolute atomic E-state index is 0. The smallest absolute Gasteiger partial charge is 0.550 e. The van der Waals surface area contributed by atoms with Crippen LogP contribution in [0.5, 0.6) is 0 Å². The minimum atomic E-state index is -1.07. The average molecular weight is 429 g/mol. The number of hydrogen-bond donors (Lipinski definition) is 1. The van der Waals surface area contributed by atoms with Gasteiger partial charge in [0.25, 0.3) is 0 Å². The summed E-state index contributed by atoms with van der Waals surface area (Å²) in [6, 6.07) is 0. The monoisotopic (exact) mass is 428 g/mol. The van der Waals surface area contributed by atoms with E-state index in [-0.39, 0.29) is 65.8 Å². The molecule has 0 saturated carbocycles. The molecule has 164 valence electrons. The van der Waals surface area contributed by atoms with Crippen LogP contribution < -0.4 is 34.7 Å². The number of fused-ring (bicyclic) bond motifs is 1. The van der Waals surface area contributed by atoms with Crippen molar-refractivity contribution < 1.29 is 54.1 Å². The Morgan fingerprint density at radius 2 is 2.03 bits per heavy atom. The van der Waals surface area contributed by atoms with Crippen molar-refractivity contribution in [3.63, 3.8) is 0 Å². The largest absolute Gasteiger partial charge is 1.00 e. The number of aliphatic carboxylic acids is 1. The predicted molar refractivity (Wildman–Crippen MR) is 111 cm³/mol. The van der Waals surface area contributed by atoms with E-state index in [1.165, 1.54) is 5.57 Å². The molecule has 7 atom stereocenters. The summed E-state index contributed by atoms with van der Waals surface area (Å²) in [5, 5.41) is 21.2. The Hall–Kier alpha value is -0.620. The Morgan fingerprint density at radius 3 is 2.67 bits per heavy atom. The van der Waals surface area contributed by atoms with E-state index in [9.17, 15) is 19.8 Å². The van der Waals surface area contributed by atoms with E-state index in [4.69, 9.17) is 4.74 Å². The van der Waals surface area contributed by atoms with Crippen molar-refractivity contribution in [1.29, 1.82) is 0 Å². The SMILES string of the molecule is CCC(C)C(=O)OC1CCC=C2C=CC(C)C(CCC(O)CC(C)CC(=O)[O-])C21.[Na+]. The number of aliphatic hydroxyl groups is 1. The molecule has 7 unspecified atom stereocenters. The van der Waals surface area contributed by atoms with Crippen molar-refractivity contribution in [3.8, 4) is 0 Å². The molecule has 0 bridgehead atoms.